The number of aliphatic hydroxyl groups excluding tert-OH is 1. The van der Waals surface area contributed by atoms with E-state index in [1.165, 1.54) is 25.1 Å². The molecule has 1 amide bonds. The third-order valence-electron chi connectivity index (χ3n) is 2.15. The van der Waals surface area contributed by atoms with Crippen LogP contribution in [0.1, 0.15) is 17.3 Å². The number of halogens is 1. The van der Waals surface area contributed by atoms with E-state index in [2.05, 4.69) is 5.32 Å². The molecule has 1 atom stereocenters. The zero-order chi connectivity index (χ0) is 13.9. The molecule has 0 saturated heterocycles. The highest BCUT2D eigenvalue weighted by Crippen LogP contribution is 2.22. The van der Waals surface area contributed by atoms with Crippen molar-refractivity contribution >= 4 is 27.3 Å². The van der Waals surface area contributed by atoms with Gasteiger partial charge in [0.15, 0.2) is 9.84 Å². The van der Waals surface area contributed by atoms with Gasteiger partial charge in [-0.15, -0.1) is 0 Å². The highest BCUT2D eigenvalue weighted by Gasteiger charge is 2.15. The fourth-order valence-corrected chi connectivity index (χ4v) is 2.57. The summed E-state index contributed by atoms with van der Waals surface area (Å²) in [6, 6.07) is 4.00. The van der Waals surface area contributed by atoms with Gasteiger partial charge < -0.3 is 10.4 Å². The second kappa shape index (κ2) is 5.69. The maximum Gasteiger partial charge on any atom is 0.251 e. The summed E-state index contributed by atoms with van der Waals surface area (Å²) in [5.74, 6) is -0.461. The number of amides is 1. The predicted molar refractivity (Wildman–Crippen MR) is 68.6 cm³/mol. The van der Waals surface area contributed by atoms with E-state index < -0.39 is 21.8 Å². The minimum absolute atomic E-state index is 0.0737. The number of benzene rings is 1. The molecule has 0 saturated carbocycles. The number of sulfone groups is 1. The van der Waals surface area contributed by atoms with Gasteiger partial charge in [-0.25, -0.2) is 8.42 Å². The fourth-order valence-electron chi connectivity index (χ4n) is 1.27. The lowest BCUT2D eigenvalue weighted by Crippen LogP contribution is -2.30. The van der Waals surface area contributed by atoms with Gasteiger partial charge >= 0.3 is 0 Å². The number of rotatable bonds is 4. The number of aliphatic hydroxyl groups is 1. The molecule has 2 N–H and O–H groups in total. The monoisotopic (exact) mass is 291 g/mol. The topological polar surface area (TPSA) is 83.5 Å². The molecular formula is C11H14ClNO4S. The molecular weight excluding hydrogens is 278 g/mol. The van der Waals surface area contributed by atoms with Crippen LogP contribution in [0, 0.1) is 0 Å². The van der Waals surface area contributed by atoms with Crippen LogP contribution in [-0.4, -0.2) is 38.3 Å². The molecule has 7 heteroatoms. The largest absolute Gasteiger partial charge is 0.392 e. The summed E-state index contributed by atoms with van der Waals surface area (Å²) in [7, 11) is -3.48. The second-order valence-electron chi connectivity index (χ2n) is 3.98. The van der Waals surface area contributed by atoms with Gasteiger partial charge in [0.2, 0.25) is 0 Å². The van der Waals surface area contributed by atoms with E-state index in [4.69, 9.17) is 16.7 Å². The summed E-state index contributed by atoms with van der Waals surface area (Å²) in [5, 5.41) is 11.6. The molecule has 0 aliphatic rings. The summed E-state index contributed by atoms with van der Waals surface area (Å²) < 4.78 is 22.9. The quantitative estimate of drug-likeness (QED) is 0.861. The van der Waals surface area contributed by atoms with Gasteiger partial charge in [-0.2, -0.15) is 0 Å². The molecule has 18 heavy (non-hydrogen) atoms. The van der Waals surface area contributed by atoms with Gasteiger partial charge in [0, 0.05) is 18.4 Å². The first-order chi connectivity index (χ1) is 8.21. The SMILES string of the molecule is CC(O)CNC(=O)c1ccc(Cl)c(S(C)(=O)=O)c1. The number of nitrogens with one attached hydrogen (secondary N) is 1. The summed E-state index contributed by atoms with van der Waals surface area (Å²) in [5.41, 5.74) is 0.181. The van der Waals surface area contributed by atoms with Gasteiger partial charge in [0.1, 0.15) is 0 Å². The Labute approximate surface area is 111 Å². The normalized spacial score (nSPS) is 13.1. The Morgan fingerprint density at radius 2 is 2.11 bits per heavy atom. The molecule has 0 aromatic heterocycles. The Balaban J connectivity index is 3.02. The molecule has 0 radical (unpaired) electrons. The van der Waals surface area contributed by atoms with Crippen LogP contribution >= 0.6 is 11.6 Å². The molecule has 0 aliphatic heterocycles. The molecule has 1 aromatic carbocycles. The van der Waals surface area contributed by atoms with E-state index in [-0.39, 0.29) is 22.0 Å². The molecule has 5 nitrogen and oxygen atoms in total. The molecule has 0 aliphatic carbocycles. The number of hydrogen-bond acceptors (Lipinski definition) is 4. The Hall–Kier alpha value is -1.11. The van der Waals surface area contributed by atoms with E-state index in [1.807, 2.05) is 0 Å². The first kappa shape index (κ1) is 14.9. The standard InChI is InChI=1S/C11H14ClNO4S/c1-7(14)6-13-11(15)8-3-4-9(12)10(5-8)18(2,16)17/h3-5,7,14H,6H2,1-2H3,(H,13,15). The van der Waals surface area contributed by atoms with E-state index >= 15 is 0 Å². The van der Waals surface area contributed by atoms with Crippen LogP contribution in [0.15, 0.2) is 23.1 Å². The molecule has 0 bridgehead atoms. The second-order valence-corrected chi connectivity index (χ2v) is 6.37. The fraction of sp³-hybridized carbons (Fsp3) is 0.364. The van der Waals surface area contributed by atoms with E-state index in [0.29, 0.717) is 0 Å². The average Bonchev–Trinajstić information content (AvgIpc) is 2.24. The minimum Gasteiger partial charge on any atom is -0.392 e. The maximum absolute atomic E-state index is 11.7. The van der Waals surface area contributed by atoms with Crippen molar-refractivity contribution in [2.75, 3.05) is 12.8 Å². The van der Waals surface area contributed by atoms with Gasteiger partial charge in [0.25, 0.3) is 5.91 Å². The molecule has 1 unspecified atom stereocenters. The molecule has 1 aromatic rings. The van der Waals surface area contributed by atoms with Crippen molar-refractivity contribution in [3.05, 3.63) is 28.8 Å². The number of carbonyl (C=O) groups excluding carboxylic acids is 1. The molecule has 100 valence electrons. The first-order valence-electron chi connectivity index (χ1n) is 5.17. The molecule has 0 spiro atoms. The van der Waals surface area contributed by atoms with Gasteiger partial charge in [-0.3, -0.25) is 4.79 Å². The Morgan fingerprint density at radius 1 is 1.50 bits per heavy atom. The molecule has 0 fully saturated rings. The summed E-state index contributed by atoms with van der Waals surface area (Å²) >= 11 is 5.76. The van der Waals surface area contributed by atoms with E-state index in [0.717, 1.165) is 6.26 Å². The zero-order valence-electron chi connectivity index (χ0n) is 9.97. The van der Waals surface area contributed by atoms with Gasteiger partial charge in [-0.05, 0) is 25.1 Å². The zero-order valence-corrected chi connectivity index (χ0v) is 11.5. The van der Waals surface area contributed by atoms with E-state index in [9.17, 15) is 13.2 Å². The van der Waals surface area contributed by atoms with Crippen LogP contribution < -0.4 is 5.32 Å². The third-order valence-corrected chi connectivity index (χ3v) is 3.73. The third kappa shape index (κ3) is 3.97. The van der Waals surface area contributed by atoms with E-state index in [1.54, 1.807) is 0 Å². The van der Waals surface area contributed by atoms with Crippen LogP contribution in [-0.2, 0) is 9.84 Å². The van der Waals surface area contributed by atoms with Crippen LogP contribution in [0.3, 0.4) is 0 Å². The van der Waals surface area contributed by atoms with Crippen molar-refractivity contribution in [1.82, 2.24) is 5.32 Å². The Kier molecular flexibility index (Phi) is 4.72. The van der Waals surface area contributed by atoms with Crippen molar-refractivity contribution in [1.29, 1.82) is 0 Å². The van der Waals surface area contributed by atoms with Crippen molar-refractivity contribution in [2.24, 2.45) is 0 Å². The lowest BCUT2D eigenvalue weighted by Gasteiger charge is -2.08. The highest BCUT2D eigenvalue weighted by atomic mass is 35.5. The van der Waals surface area contributed by atoms with Crippen molar-refractivity contribution in [3.8, 4) is 0 Å². The van der Waals surface area contributed by atoms with Crippen LogP contribution in [0.4, 0.5) is 0 Å². The van der Waals surface area contributed by atoms with Crippen LogP contribution in [0.5, 0.6) is 0 Å². The molecule has 1 rings (SSSR count). The van der Waals surface area contributed by atoms with Crippen LogP contribution in [0.2, 0.25) is 5.02 Å². The highest BCUT2D eigenvalue weighted by molar-refractivity contribution is 7.90. The Bertz CT molecular complexity index is 554. The average molecular weight is 292 g/mol. The number of hydrogen-bond donors (Lipinski definition) is 2. The van der Waals surface area contributed by atoms with Gasteiger partial charge in [-0.1, -0.05) is 11.6 Å². The minimum atomic E-state index is -3.48. The lowest BCUT2D eigenvalue weighted by molar-refractivity contribution is 0.0924. The van der Waals surface area contributed by atoms with Gasteiger partial charge in [0.05, 0.1) is 16.0 Å². The maximum atomic E-state index is 11.7. The van der Waals surface area contributed by atoms with Crippen molar-refractivity contribution < 1.29 is 18.3 Å². The Morgan fingerprint density at radius 3 is 2.61 bits per heavy atom. The first-order valence-corrected chi connectivity index (χ1v) is 7.44. The summed E-state index contributed by atoms with van der Waals surface area (Å²) in [4.78, 5) is 11.6. The van der Waals surface area contributed by atoms with Crippen LogP contribution in [0.25, 0.3) is 0 Å². The van der Waals surface area contributed by atoms with Crippen molar-refractivity contribution in [2.45, 2.75) is 17.9 Å². The van der Waals surface area contributed by atoms with Crippen molar-refractivity contribution in [3.63, 3.8) is 0 Å². The smallest absolute Gasteiger partial charge is 0.251 e. The predicted octanol–water partition coefficient (Wildman–Crippen LogP) is 0.854. The number of carbonyl (C=O) groups is 1. The summed E-state index contributed by atoms with van der Waals surface area (Å²) in [6.07, 6.45) is 0.349. The molecule has 0 heterocycles. The summed E-state index contributed by atoms with van der Waals surface area (Å²) in [6.45, 7) is 1.62. The lowest BCUT2D eigenvalue weighted by atomic mass is 10.2.